The van der Waals surface area contributed by atoms with Crippen LogP contribution in [0.15, 0.2) is 49.2 Å². The molecule has 0 spiro atoms. The molecule has 0 saturated carbocycles. The molecule has 0 N–H and O–H groups in total. The lowest BCUT2D eigenvalue weighted by Gasteiger charge is -2.11. The maximum atomic E-state index is 6.10. The van der Waals surface area contributed by atoms with Gasteiger partial charge in [0, 0.05) is 16.8 Å². The summed E-state index contributed by atoms with van der Waals surface area (Å²) in [5.41, 5.74) is 2.91. The van der Waals surface area contributed by atoms with Gasteiger partial charge in [0.05, 0.1) is 13.2 Å². The molecule has 0 radical (unpaired) electrons. The van der Waals surface area contributed by atoms with E-state index in [9.17, 15) is 0 Å². The minimum Gasteiger partial charge on any atom is -0.478 e. The number of benzene rings is 1. The van der Waals surface area contributed by atoms with Crippen molar-refractivity contribution in [2.45, 2.75) is 13.5 Å². The first kappa shape index (κ1) is 14.5. The van der Waals surface area contributed by atoms with Gasteiger partial charge in [-0.25, -0.2) is 14.6 Å². The molecule has 1 aromatic carbocycles. The number of hydrogen-bond donors (Lipinski definition) is 0. The summed E-state index contributed by atoms with van der Waals surface area (Å²) in [7, 11) is 0. The first-order valence-corrected chi connectivity index (χ1v) is 7.34. The van der Waals surface area contributed by atoms with E-state index in [0.717, 1.165) is 16.7 Å². The molecule has 0 fully saturated rings. The van der Waals surface area contributed by atoms with Crippen LogP contribution >= 0.6 is 11.6 Å². The molecule has 0 amide bonds. The SMILES string of the molecule is CCOc1ncc(Cn2cncn2)cc1-c1cccc(Cl)c1. The molecule has 6 heteroatoms. The molecule has 0 aliphatic heterocycles. The maximum Gasteiger partial charge on any atom is 0.221 e. The van der Waals surface area contributed by atoms with Crippen molar-refractivity contribution >= 4 is 11.6 Å². The lowest BCUT2D eigenvalue weighted by Crippen LogP contribution is -2.03. The van der Waals surface area contributed by atoms with E-state index in [-0.39, 0.29) is 0 Å². The standard InChI is InChI=1S/C16H15ClN4O/c1-2-22-16-15(13-4-3-5-14(17)7-13)6-12(8-19-16)9-21-11-18-10-20-21/h3-8,10-11H,2,9H2,1H3. The Balaban J connectivity index is 2.00. The first-order valence-electron chi connectivity index (χ1n) is 6.96. The number of nitrogens with zero attached hydrogens (tertiary/aromatic N) is 4. The molecule has 2 heterocycles. The van der Waals surface area contributed by atoms with Crippen LogP contribution in [0.5, 0.6) is 5.88 Å². The minimum absolute atomic E-state index is 0.559. The summed E-state index contributed by atoms with van der Waals surface area (Å²) in [6, 6.07) is 9.70. The van der Waals surface area contributed by atoms with Gasteiger partial charge < -0.3 is 4.74 Å². The van der Waals surface area contributed by atoms with Crippen molar-refractivity contribution in [1.29, 1.82) is 0 Å². The number of ether oxygens (including phenoxy) is 1. The molecule has 22 heavy (non-hydrogen) atoms. The number of halogens is 1. The van der Waals surface area contributed by atoms with Crippen LogP contribution in [-0.2, 0) is 6.54 Å². The number of rotatable bonds is 5. The van der Waals surface area contributed by atoms with Gasteiger partial charge in [-0.2, -0.15) is 5.10 Å². The van der Waals surface area contributed by atoms with E-state index in [1.807, 2.05) is 37.3 Å². The van der Waals surface area contributed by atoms with E-state index in [1.165, 1.54) is 6.33 Å². The lowest BCUT2D eigenvalue weighted by molar-refractivity contribution is 0.328. The molecule has 0 atom stereocenters. The Morgan fingerprint density at radius 1 is 1.27 bits per heavy atom. The maximum absolute atomic E-state index is 6.10. The minimum atomic E-state index is 0.559. The smallest absolute Gasteiger partial charge is 0.221 e. The molecule has 5 nitrogen and oxygen atoms in total. The van der Waals surface area contributed by atoms with Crippen LogP contribution in [0, 0.1) is 0 Å². The summed E-state index contributed by atoms with van der Waals surface area (Å²) >= 11 is 6.10. The second-order valence-electron chi connectivity index (χ2n) is 4.73. The molecule has 0 aliphatic carbocycles. The van der Waals surface area contributed by atoms with E-state index in [0.29, 0.717) is 24.1 Å². The van der Waals surface area contributed by atoms with E-state index in [4.69, 9.17) is 16.3 Å². The fourth-order valence-electron chi connectivity index (χ4n) is 2.20. The average Bonchev–Trinajstić information content (AvgIpc) is 3.02. The van der Waals surface area contributed by atoms with Crippen molar-refractivity contribution < 1.29 is 4.74 Å². The third-order valence-electron chi connectivity index (χ3n) is 3.14. The van der Waals surface area contributed by atoms with E-state index in [2.05, 4.69) is 15.1 Å². The average molecular weight is 315 g/mol. The van der Waals surface area contributed by atoms with Crippen LogP contribution in [0.25, 0.3) is 11.1 Å². The van der Waals surface area contributed by atoms with Crippen molar-refractivity contribution in [1.82, 2.24) is 19.7 Å². The Morgan fingerprint density at radius 3 is 2.91 bits per heavy atom. The van der Waals surface area contributed by atoms with Crippen molar-refractivity contribution in [2.24, 2.45) is 0 Å². The number of pyridine rings is 1. The molecule has 0 aliphatic rings. The predicted molar refractivity (Wildman–Crippen MR) is 85.0 cm³/mol. The van der Waals surface area contributed by atoms with Gasteiger partial charge in [0.15, 0.2) is 0 Å². The molecule has 112 valence electrons. The first-order chi connectivity index (χ1) is 10.8. The van der Waals surface area contributed by atoms with Crippen molar-refractivity contribution in [2.75, 3.05) is 6.61 Å². The highest BCUT2D eigenvalue weighted by Gasteiger charge is 2.10. The highest BCUT2D eigenvalue weighted by molar-refractivity contribution is 6.30. The van der Waals surface area contributed by atoms with Gasteiger partial charge in [-0.3, -0.25) is 0 Å². The van der Waals surface area contributed by atoms with Crippen LogP contribution < -0.4 is 4.74 Å². The quantitative estimate of drug-likeness (QED) is 0.724. The van der Waals surface area contributed by atoms with E-state index < -0.39 is 0 Å². The Hall–Kier alpha value is -2.40. The zero-order valence-electron chi connectivity index (χ0n) is 12.1. The second kappa shape index (κ2) is 6.58. The lowest BCUT2D eigenvalue weighted by atomic mass is 10.1. The monoisotopic (exact) mass is 314 g/mol. The molecule has 0 saturated heterocycles. The Labute approximate surface area is 133 Å². The Kier molecular flexibility index (Phi) is 4.34. The predicted octanol–water partition coefficient (Wildman–Crippen LogP) is 3.44. The fraction of sp³-hybridized carbons (Fsp3) is 0.188. The van der Waals surface area contributed by atoms with Crippen LogP contribution in [0.1, 0.15) is 12.5 Å². The molecule has 0 unspecified atom stereocenters. The number of aromatic nitrogens is 4. The molecular formula is C16H15ClN4O. The molecule has 3 aromatic rings. The van der Waals surface area contributed by atoms with Crippen molar-refractivity contribution in [3.8, 4) is 17.0 Å². The summed E-state index contributed by atoms with van der Waals surface area (Å²) in [5.74, 6) is 0.604. The van der Waals surface area contributed by atoms with Crippen LogP contribution in [0.4, 0.5) is 0 Å². The van der Waals surface area contributed by atoms with Crippen LogP contribution in [0.3, 0.4) is 0 Å². The van der Waals surface area contributed by atoms with Gasteiger partial charge in [-0.05, 0) is 36.2 Å². The second-order valence-corrected chi connectivity index (χ2v) is 5.17. The van der Waals surface area contributed by atoms with E-state index >= 15 is 0 Å². The Morgan fingerprint density at radius 2 is 2.18 bits per heavy atom. The zero-order valence-corrected chi connectivity index (χ0v) is 12.9. The van der Waals surface area contributed by atoms with Gasteiger partial charge in [0.2, 0.25) is 5.88 Å². The number of hydrogen-bond acceptors (Lipinski definition) is 4. The van der Waals surface area contributed by atoms with Gasteiger partial charge >= 0.3 is 0 Å². The van der Waals surface area contributed by atoms with Crippen LogP contribution in [0.2, 0.25) is 5.02 Å². The van der Waals surface area contributed by atoms with Gasteiger partial charge in [-0.15, -0.1) is 0 Å². The molecule has 3 rings (SSSR count). The third kappa shape index (κ3) is 3.26. The van der Waals surface area contributed by atoms with Gasteiger partial charge in [0.1, 0.15) is 12.7 Å². The third-order valence-corrected chi connectivity index (χ3v) is 3.37. The summed E-state index contributed by atoms with van der Waals surface area (Å²) in [5, 5.41) is 4.79. The highest BCUT2D eigenvalue weighted by atomic mass is 35.5. The topological polar surface area (TPSA) is 52.8 Å². The van der Waals surface area contributed by atoms with Gasteiger partial charge in [0.25, 0.3) is 0 Å². The van der Waals surface area contributed by atoms with Crippen molar-refractivity contribution in [3.63, 3.8) is 0 Å². The van der Waals surface area contributed by atoms with Crippen LogP contribution in [-0.4, -0.2) is 26.4 Å². The summed E-state index contributed by atoms with van der Waals surface area (Å²) in [6.07, 6.45) is 4.98. The van der Waals surface area contributed by atoms with E-state index in [1.54, 1.807) is 17.2 Å². The summed E-state index contributed by atoms with van der Waals surface area (Å²) in [6.45, 7) is 3.10. The normalized spacial score (nSPS) is 10.6. The largest absolute Gasteiger partial charge is 0.478 e. The highest BCUT2D eigenvalue weighted by Crippen LogP contribution is 2.30. The summed E-state index contributed by atoms with van der Waals surface area (Å²) in [4.78, 5) is 8.37. The van der Waals surface area contributed by atoms with Crippen molar-refractivity contribution in [3.05, 3.63) is 59.8 Å². The fourth-order valence-corrected chi connectivity index (χ4v) is 2.39. The van der Waals surface area contributed by atoms with Gasteiger partial charge in [-0.1, -0.05) is 23.7 Å². The molecule has 0 bridgehead atoms. The Bertz CT molecular complexity index is 759. The molecule has 2 aromatic heterocycles. The zero-order chi connectivity index (χ0) is 15.4. The summed E-state index contributed by atoms with van der Waals surface area (Å²) < 4.78 is 7.38. The molecular weight excluding hydrogens is 300 g/mol.